The van der Waals surface area contributed by atoms with Crippen molar-refractivity contribution in [1.29, 1.82) is 0 Å². The quantitative estimate of drug-likeness (QED) is 0.380. The van der Waals surface area contributed by atoms with Crippen LogP contribution in [0.1, 0.15) is 0 Å². The lowest BCUT2D eigenvalue weighted by Gasteiger charge is -2.36. The summed E-state index contributed by atoms with van der Waals surface area (Å²) in [5.41, 5.74) is 0. The molecule has 0 N–H and O–H groups in total. The van der Waals surface area contributed by atoms with E-state index in [0.717, 1.165) is 0 Å². The second-order valence-corrected chi connectivity index (χ2v) is 7.58. The lowest BCUT2D eigenvalue weighted by molar-refractivity contribution is 0.734. The van der Waals surface area contributed by atoms with Crippen molar-refractivity contribution in [3.8, 4) is 0 Å². The lowest BCUT2D eigenvalue weighted by Crippen LogP contribution is -2.44. The van der Waals surface area contributed by atoms with Crippen molar-refractivity contribution in [1.82, 2.24) is 0 Å². The van der Waals surface area contributed by atoms with Gasteiger partial charge in [0, 0.05) is 0 Å². The predicted octanol–water partition coefficient (Wildman–Crippen LogP) is 7.16. The van der Waals surface area contributed by atoms with E-state index < -0.39 is 9.75 Å². The van der Waals surface area contributed by atoms with Crippen molar-refractivity contribution < 1.29 is 0 Å². The zero-order valence-corrected chi connectivity index (χ0v) is 15.3. The van der Waals surface area contributed by atoms with Crippen molar-refractivity contribution in [3.05, 3.63) is 41.3 Å². The van der Waals surface area contributed by atoms with Gasteiger partial charge >= 0.3 is 0 Å². The van der Waals surface area contributed by atoms with E-state index in [4.69, 9.17) is 104 Å². The third-order valence-corrected chi connectivity index (χ3v) is 7.74. The molecule has 2 aliphatic rings. The normalized spacial score (nSPS) is 30.7. The van der Waals surface area contributed by atoms with Gasteiger partial charge in [-0.1, -0.05) is 81.2 Å². The fourth-order valence-corrected chi connectivity index (χ4v) is 4.91. The number of alkyl halides is 2. The minimum absolute atomic E-state index is 0.000342. The highest BCUT2D eigenvalue weighted by Crippen LogP contribution is 2.64. The summed E-state index contributed by atoms with van der Waals surface area (Å²) in [6.45, 7) is 0. The van der Waals surface area contributed by atoms with Gasteiger partial charge in [0.05, 0.1) is 35.2 Å². The van der Waals surface area contributed by atoms with E-state index in [1.165, 1.54) is 6.08 Å². The second kappa shape index (κ2) is 5.33. The minimum atomic E-state index is -1.67. The summed E-state index contributed by atoms with van der Waals surface area (Å²) >= 11 is 55.0. The van der Waals surface area contributed by atoms with E-state index in [-0.39, 0.29) is 35.2 Å². The number of hydrogen-bond donors (Lipinski definition) is 0. The SMILES string of the molecule is ClC1=CC(Cl)(C2(Cl)C(Cl)=C(Cl)C(Cl)=C2Cl)C(Cl)=C1Cl. The first kappa shape index (κ1) is 16.9. The molecule has 2 rings (SSSR count). The topological polar surface area (TPSA) is 0 Å². The Labute approximate surface area is 154 Å². The van der Waals surface area contributed by atoms with Crippen LogP contribution in [0.15, 0.2) is 41.3 Å². The first-order valence-electron chi connectivity index (χ1n) is 4.53. The minimum Gasteiger partial charge on any atom is -0.106 e. The number of allylic oxidation sites excluding steroid dienone is 8. The molecule has 0 heterocycles. The van der Waals surface area contributed by atoms with Crippen LogP contribution in [0, 0.1) is 0 Å². The molecule has 0 radical (unpaired) electrons. The molecule has 0 aromatic heterocycles. The third-order valence-electron chi connectivity index (χ3n) is 2.73. The van der Waals surface area contributed by atoms with Gasteiger partial charge in [-0.25, -0.2) is 0 Å². The van der Waals surface area contributed by atoms with Crippen LogP contribution in [0.2, 0.25) is 0 Å². The summed E-state index contributed by atoms with van der Waals surface area (Å²) in [7, 11) is 0. The van der Waals surface area contributed by atoms with Gasteiger partial charge in [0.25, 0.3) is 0 Å². The van der Waals surface area contributed by atoms with Crippen LogP contribution < -0.4 is 0 Å². The van der Waals surface area contributed by atoms with Crippen molar-refractivity contribution in [2.45, 2.75) is 9.75 Å². The molecule has 0 aromatic carbocycles. The van der Waals surface area contributed by atoms with Gasteiger partial charge in [-0.15, -0.1) is 23.2 Å². The molecule has 0 saturated carbocycles. The first-order valence-corrected chi connectivity index (χ1v) is 7.93. The predicted molar refractivity (Wildman–Crippen MR) is 87.3 cm³/mol. The van der Waals surface area contributed by atoms with Crippen LogP contribution >= 0.6 is 104 Å². The van der Waals surface area contributed by atoms with Gasteiger partial charge in [0.15, 0.2) is 0 Å². The summed E-state index contributed by atoms with van der Waals surface area (Å²) in [6.07, 6.45) is 1.35. The first-order chi connectivity index (χ1) is 8.59. The number of hydrogen-bond acceptors (Lipinski definition) is 0. The molecule has 0 aliphatic heterocycles. The van der Waals surface area contributed by atoms with Crippen LogP contribution in [0.4, 0.5) is 0 Å². The largest absolute Gasteiger partial charge is 0.146 e. The van der Waals surface area contributed by atoms with Gasteiger partial charge in [-0.3, -0.25) is 0 Å². The summed E-state index contributed by atoms with van der Waals surface area (Å²) < 4.78 is 0. The summed E-state index contributed by atoms with van der Waals surface area (Å²) in [5.74, 6) is 0. The van der Waals surface area contributed by atoms with E-state index in [1.807, 2.05) is 0 Å². The highest BCUT2D eigenvalue weighted by molar-refractivity contribution is 6.62. The standard InChI is InChI=1S/C10HCl9/c11-2-1-9(18,6(15)3(2)12)10(19)7(16)4(13)5(14)8(10)17/h1H. The average Bonchev–Trinajstić information content (AvgIpc) is 2.66. The molecule has 0 amide bonds. The van der Waals surface area contributed by atoms with Crippen LogP contribution in [0.5, 0.6) is 0 Å². The molecule has 0 saturated heterocycles. The zero-order valence-electron chi connectivity index (χ0n) is 8.48. The summed E-state index contributed by atoms with van der Waals surface area (Å²) in [4.78, 5) is -3.24. The van der Waals surface area contributed by atoms with Crippen molar-refractivity contribution >= 4 is 104 Å². The maximum absolute atomic E-state index is 6.47. The second-order valence-electron chi connectivity index (χ2n) is 3.75. The number of halogens is 9. The molecule has 0 nitrogen and oxygen atoms in total. The number of rotatable bonds is 1. The van der Waals surface area contributed by atoms with Crippen LogP contribution in [0.25, 0.3) is 0 Å². The lowest BCUT2D eigenvalue weighted by atomic mass is 9.92. The maximum atomic E-state index is 6.47. The molecule has 0 spiro atoms. The van der Waals surface area contributed by atoms with E-state index in [2.05, 4.69) is 0 Å². The van der Waals surface area contributed by atoms with Gasteiger partial charge in [-0.05, 0) is 6.08 Å². The Morgan fingerprint density at radius 1 is 0.632 bits per heavy atom. The highest BCUT2D eigenvalue weighted by Gasteiger charge is 2.61. The molecule has 1 atom stereocenters. The molecule has 0 bridgehead atoms. The smallest absolute Gasteiger partial charge is 0.106 e. The molecular formula is C10HCl9. The Morgan fingerprint density at radius 3 is 1.37 bits per heavy atom. The third kappa shape index (κ3) is 2.11. The van der Waals surface area contributed by atoms with Crippen molar-refractivity contribution in [2.24, 2.45) is 0 Å². The van der Waals surface area contributed by atoms with Crippen molar-refractivity contribution in [2.75, 3.05) is 0 Å². The molecule has 9 heteroatoms. The van der Waals surface area contributed by atoms with Gasteiger partial charge in [0.1, 0.15) is 9.75 Å². The monoisotopic (exact) mass is 436 g/mol. The molecule has 0 aromatic rings. The molecule has 19 heavy (non-hydrogen) atoms. The van der Waals surface area contributed by atoms with Gasteiger partial charge in [0.2, 0.25) is 0 Å². The van der Waals surface area contributed by atoms with Gasteiger partial charge in [-0.2, -0.15) is 0 Å². The Hall–Kier alpha value is 1.57. The summed E-state index contributed by atoms with van der Waals surface area (Å²) in [6, 6.07) is 0. The maximum Gasteiger partial charge on any atom is 0.146 e. The fraction of sp³-hybridized carbons (Fsp3) is 0.200. The van der Waals surface area contributed by atoms with Crippen LogP contribution in [-0.4, -0.2) is 9.75 Å². The molecule has 2 aliphatic carbocycles. The zero-order chi connectivity index (χ0) is 14.7. The van der Waals surface area contributed by atoms with Crippen LogP contribution in [0.3, 0.4) is 0 Å². The fourth-order valence-electron chi connectivity index (χ4n) is 1.73. The van der Waals surface area contributed by atoms with E-state index in [0.29, 0.717) is 0 Å². The molecule has 0 fully saturated rings. The molecule has 1 unspecified atom stereocenters. The average molecular weight is 440 g/mol. The van der Waals surface area contributed by atoms with E-state index >= 15 is 0 Å². The Balaban J connectivity index is 2.74. The van der Waals surface area contributed by atoms with Crippen molar-refractivity contribution in [3.63, 3.8) is 0 Å². The van der Waals surface area contributed by atoms with E-state index in [1.54, 1.807) is 0 Å². The Bertz CT molecular complexity index is 570. The van der Waals surface area contributed by atoms with Gasteiger partial charge < -0.3 is 0 Å². The molecular weight excluding hydrogens is 439 g/mol. The molecule has 104 valence electrons. The Morgan fingerprint density at radius 2 is 1.05 bits per heavy atom. The highest BCUT2D eigenvalue weighted by atomic mass is 35.5. The Kier molecular flexibility index (Phi) is 4.75. The summed E-state index contributed by atoms with van der Waals surface area (Å²) in [5, 5.41) is 0.0852. The van der Waals surface area contributed by atoms with Crippen LogP contribution in [-0.2, 0) is 0 Å². The van der Waals surface area contributed by atoms with E-state index in [9.17, 15) is 0 Å².